The SMILES string of the molecule is C1C[N]CCNCCCNCCNC1. The molecule has 4 nitrogen and oxygen atoms in total. The van der Waals surface area contributed by atoms with Crippen LogP contribution in [0, 0.1) is 0 Å². The summed E-state index contributed by atoms with van der Waals surface area (Å²) in [5, 5.41) is 14.6. The average molecular weight is 199 g/mol. The van der Waals surface area contributed by atoms with Crippen LogP contribution in [0.4, 0.5) is 0 Å². The van der Waals surface area contributed by atoms with Gasteiger partial charge in [-0.3, -0.25) is 0 Å². The quantitative estimate of drug-likeness (QED) is 0.476. The minimum Gasteiger partial charge on any atom is -0.315 e. The average Bonchev–Trinajstić information content (AvgIpc) is 2.22. The Kier molecular flexibility index (Phi) is 8.00. The van der Waals surface area contributed by atoms with Crippen molar-refractivity contribution in [1.82, 2.24) is 21.3 Å². The van der Waals surface area contributed by atoms with Gasteiger partial charge >= 0.3 is 0 Å². The van der Waals surface area contributed by atoms with Crippen molar-refractivity contribution in [3.05, 3.63) is 0 Å². The Hall–Kier alpha value is -0.160. The topological polar surface area (TPSA) is 50.2 Å². The molecule has 1 rings (SSSR count). The van der Waals surface area contributed by atoms with Crippen LogP contribution in [0.2, 0.25) is 0 Å². The van der Waals surface area contributed by atoms with Crippen molar-refractivity contribution in [2.24, 2.45) is 0 Å². The Balaban J connectivity index is 2.00. The van der Waals surface area contributed by atoms with Crippen LogP contribution < -0.4 is 21.3 Å². The van der Waals surface area contributed by atoms with E-state index in [-0.39, 0.29) is 0 Å². The lowest BCUT2D eigenvalue weighted by Gasteiger charge is -2.09. The van der Waals surface area contributed by atoms with Crippen LogP contribution in [-0.4, -0.2) is 52.4 Å². The second-order valence-electron chi connectivity index (χ2n) is 3.63. The summed E-state index contributed by atoms with van der Waals surface area (Å²) in [5.41, 5.74) is 0. The molecule has 0 amide bonds. The van der Waals surface area contributed by atoms with Crippen LogP contribution in [0.3, 0.4) is 0 Å². The predicted octanol–water partition coefficient (Wildman–Crippen LogP) is -0.847. The maximum Gasteiger partial charge on any atom is 0.0258 e. The first-order valence-electron chi connectivity index (χ1n) is 5.75. The Morgan fingerprint density at radius 1 is 0.571 bits per heavy atom. The van der Waals surface area contributed by atoms with Crippen molar-refractivity contribution >= 4 is 0 Å². The van der Waals surface area contributed by atoms with Gasteiger partial charge < -0.3 is 16.0 Å². The van der Waals surface area contributed by atoms with E-state index < -0.39 is 0 Å². The van der Waals surface area contributed by atoms with Crippen molar-refractivity contribution in [2.75, 3.05) is 52.4 Å². The number of nitrogens with zero attached hydrogens (tertiary/aromatic N) is 1. The summed E-state index contributed by atoms with van der Waals surface area (Å²) < 4.78 is 0. The van der Waals surface area contributed by atoms with E-state index in [9.17, 15) is 0 Å². The first-order valence-corrected chi connectivity index (χ1v) is 5.75. The Morgan fingerprint density at radius 2 is 1.21 bits per heavy atom. The zero-order chi connectivity index (χ0) is 9.90. The first-order chi connectivity index (χ1) is 7.00. The second-order valence-corrected chi connectivity index (χ2v) is 3.63. The lowest BCUT2D eigenvalue weighted by molar-refractivity contribution is 0.527. The van der Waals surface area contributed by atoms with Crippen molar-refractivity contribution in [3.8, 4) is 0 Å². The third-order valence-corrected chi connectivity index (χ3v) is 2.30. The highest BCUT2D eigenvalue weighted by Crippen LogP contribution is 1.77. The number of hydrogen-bond donors (Lipinski definition) is 3. The zero-order valence-electron chi connectivity index (χ0n) is 9.02. The molecule has 1 heterocycles. The van der Waals surface area contributed by atoms with E-state index in [0.29, 0.717) is 0 Å². The van der Waals surface area contributed by atoms with Gasteiger partial charge in [-0.15, -0.1) is 0 Å². The fourth-order valence-electron chi connectivity index (χ4n) is 1.48. The van der Waals surface area contributed by atoms with Gasteiger partial charge in [0.25, 0.3) is 0 Å². The monoisotopic (exact) mass is 199 g/mol. The van der Waals surface area contributed by atoms with E-state index in [0.717, 1.165) is 52.4 Å². The van der Waals surface area contributed by atoms with E-state index in [1.165, 1.54) is 12.8 Å². The van der Waals surface area contributed by atoms with Crippen molar-refractivity contribution in [3.63, 3.8) is 0 Å². The standard InChI is InChI=1S/C10H23N4/c1-3-11-7-9-13-5-2-6-14-10-8-12-4-1/h11-13H,1-10H2. The molecule has 1 aliphatic rings. The maximum atomic E-state index is 4.44. The molecule has 1 radical (unpaired) electrons. The molecule has 0 unspecified atom stereocenters. The fraction of sp³-hybridized carbons (Fsp3) is 1.00. The summed E-state index contributed by atoms with van der Waals surface area (Å²) in [6.45, 7) is 8.48. The van der Waals surface area contributed by atoms with Crippen LogP contribution in [0.25, 0.3) is 0 Å². The van der Waals surface area contributed by atoms with Gasteiger partial charge in [0.1, 0.15) is 0 Å². The van der Waals surface area contributed by atoms with Gasteiger partial charge in [0.05, 0.1) is 0 Å². The van der Waals surface area contributed by atoms with E-state index in [1.54, 1.807) is 0 Å². The lowest BCUT2D eigenvalue weighted by Crippen LogP contribution is -2.32. The first kappa shape index (κ1) is 11.9. The highest BCUT2D eigenvalue weighted by atomic mass is 15.0. The molecule has 0 bridgehead atoms. The van der Waals surface area contributed by atoms with Crippen LogP contribution in [0.15, 0.2) is 0 Å². The largest absolute Gasteiger partial charge is 0.315 e. The van der Waals surface area contributed by atoms with Gasteiger partial charge in [0.15, 0.2) is 0 Å². The molecule has 0 aromatic carbocycles. The zero-order valence-corrected chi connectivity index (χ0v) is 9.02. The molecule has 1 saturated heterocycles. The molecular formula is C10H23N4. The van der Waals surface area contributed by atoms with Crippen molar-refractivity contribution in [1.29, 1.82) is 0 Å². The van der Waals surface area contributed by atoms with Gasteiger partial charge in [-0.1, -0.05) is 0 Å². The molecule has 14 heavy (non-hydrogen) atoms. The predicted molar refractivity (Wildman–Crippen MR) is 59.7 cm³/mol. The van der Waals surface area contributed by atoms with E-state index in [1.807, 2.05) is 0 Å². The molecule has 4 heteroatoms. The molecule has 3 N–H and O–H groups in total. The van der Waals surface area contributed by atoms with Crippen molar-refractivity contribution < 1.29 is 0 Å². The Bertz CT molecular complexity index is 65.4. The minimum atomic E-state index is 0.966. The molecular weight excluding hydrogens is 176 g/mol. The molecule has 0 spiro atoms. The van der Waals surface area contributed by atoms with E-state index >= 15 is 0 Å². The fourth-order valence-corrected chi connectivity index (χ4v) is 1.48. The maximum absolute atomic E-state index is 4.44. The smallest absolute Gasteiger partial charge is 0.0258 e. The summed E-state index contributed by atoms with van der Waals surface area (Å²) >= 11 is 0. The summed E-state index contributed by atoms with van der Waals surface area (Å²) in [4.78, 5) is 0. The minimum absolute atomic E-state index is 0.966. The summed E-state index contributed by atoms with van der Waals surface area (Å²) in [5.74, 6) is 0. The highest BCUT2D eigenvalue weighted by Gasteiger charge is 1.93. The number of rotatable bonds is 0. The van der Waals surface area contributed by atoms with Gasteiger partial charge in [-0.25, -0.2) is 5.32 Å². The van der Waals surface area contributed by atoms with Crippen LogP contribution >= 0.6 is 0 Å². The van der Waals surface area contributed by atoms with Gasteiger partial charge in [-0.05, 0) is 32.5 Å². The number of nitrogens with one attached hydrogen (secondary N) is 3. The van der Waals surface area contributed by atoms with E-state index in [2.05, 4.69) is 21.3 Å². The molecule has 0 aromatic rings. The normalized spacial score (nSPS) is 24.0. The highest BCUT2D eigenvalue weighted by molar-refractivity contribution is 4.58. The van der Waals surface area contributed by atoms with Gasteiger partial charge in [0, 0.05) is 32.7 Å². The van der Waals surface area contributed by atoms with Gasteiger partial charge in [-0.2, -0.15) is 0 Å². The molecule has 0 aromatic heterocycles. The molecule has 1 fully saturated rings. The lowest BCUT2D eigenvalue weighted by atomic mass is 10.3. The molecule has 0 saturated carbocycles. The van der Waals surface area contributed by atoms with Crippen LogP contribution in [0.1, 0.15) is 12.8 Å². The second kappa shape index (κ2) is 9.40. The Morgan fingerprint density at radius 3 is 2.00 bits per heavy atom. The third-order valence-electron chi connectivity index (χ3n) is 2.30. The molecule has 1 aliphatic heterocycles. The molecule has 83 valence electrons. The van der Waals surface area contributed by atoms with E-state index in [4.69, 9.17) is 0 Å². The molecule has 0 atom stereocenters. The van der Waals surface area contributed by atoms with Crippen LogP contribution in [0.5, 0.6) is 0 Å². The van der Waals surface area contributed by atoms with Crippen molar-refractivity contribution in [2.45, 2.75) is 12.8 Å². The summed E-state index contributed by atoms with van der Waals surface area (Å²) in [6.07, 6.45) is 2.38. The summed E-state index contributed by atoms with van der Waals surface area (Å²) in [6, 6.07) is 0. The Labute approximate surface area is 87.2 Å². The summed E-state index contributed by atoms with van der Waals surface area (Å²) in [7, 11) is 0. The van der Waals surface area contributed by atoms with Crippen LogP contribution in [-0.2, 0) is 0 Å². The van der Waals surface area contributed by atoms with Gasteiger partial charge in [0.2, 0.25) is 0 Å². The third kappa shape index (κ3) is 7.26. The molecule has 0 aliphatic carbocycles. The number of hydrogen-bond acceptors (Lipinski definition) is 3.